The largest absolute Gasteiger partial charge is 0.383 e. The molecule has 1 N–H and O–H groups in total. The lowest BCUT2D eigenvalue weighted by molar-refractivity contribution is 0.134. The molecule has 3 nitrogen and oxygen atoms in total. The van der Waals surface area contributed by atoms with Crippen LogP contribution in [0.2, 0.25) is 0 Å². The second-order valence-electron chi connectivity index (χ2n) is 4.82. The fraction of sp³-hybridized carbons (Fsp3) is 0.462. The number of methoxy groups -OCH3 is 1. The van der Waals surface area contributed by atoms with Crippen molar-refractivity contribution >= 4 is 23.3 Å². The molecule has 1 heterocycles. The molecular weight excluding hydrogens is 270 g/mol. The van der Waals surface area contributed by atoms with Gasteiger partial charge in [-0.05, 0) is 30.3 Å². The van der Waals surface area contributed by atoms with Gasteiger partial charge in [-0.3, -0.25) is 0 Å². The molecule has 2 rings (SSSR count). The maximum atomic E-state index is 14.0. The molecule has 1 aromatic carbocycles. The third-order valence-corrected chi connectivity index (χ3v) is 3.51. The third kappa shape index (κ3) is 2.42. The van der Waals surface area contributed by atoms with Crippen molar-refractivity contribution in [2.45, 2.75) is 19.9 Å². The van der Waals surface area contributed by atoms with E-state index < -0.39 is 11.6 Å². The first kappa shape index (κ1) is 14.1. The van der Waals surface area contributed by atoms with E-state index in [1.54, 1.807) is 11.7 Å². The van der Waals surface area contributed by atoms with Crippen molar-refractivity contribution in [2.75, 3.05) is 13.7 Å². The number of H-pyrrole nitrogens is 1. The molecule has 0 spiro atoms. The van der Waals surface area contributed by atoms with Crippen molar-refractivity contribution in [3.8, 4) is 0 Å². The number of hydrogen-bond acceptors (Lipinski definition) is 2. The molecule has 0 amide bonds. The number of nitrogens with one attached hydrogen (secondary N) is 1. The predicted octanol–water partition coefficient (Wildman–Crippen LogP) is 3.82. The smallest absolute Gasteiger partial charge is 0.184 e. The Bertz CT molecular complexity index is 648. The van der Waals surface area contributed by atoms with Gasteiger partial charge in [-0.1, -0.05) is 13.8 Å². The summed E-state index contributed by atoms with van der Waals surface area (Å²) in [5, 5.41) is 0. The minimum atomic E-state index is -0.883. The van der Waals surface area contributed by atoms with E-state index in [1.807, 2.05) is 13.8 Å². The SMILES string of the molecule is COCC(C(C)C)n1c(=S)[nH]c2ccc(F)c(F)c21. The maximum Gasteiger partial charge on any atom is 0.184 e. The van der Waals surface area contributed by atoms with Crippen LogP contribution in [0.1, 0.15) is 19.9 Å². The molecule has 1 atom stereocenters. The molecule has 2 aromatic rings. The standard InChI is InChI=1S/C13H16F2N2OS/c1-7(2)10(6-18-3)17-12-9(16-13(17)19)5-4-8(14)11(12)15/h4-5,7,10H,6H2,1-3H3,(H,16,19). The number of benzene rings is 1. The van der Waals surface area contributed by atoms with E-state index >= 15 is 0 Å². The molecule has 6 heteroatoms. The van der Waals surface area contributed by atoms with E-state index in [9.17, 15) is 8.78 Å². The van der Waals surface area contributed by atoms with E-state index in [2.05, 4.69) is 4.98 Å². The second-order valence-corrected chi connectivity index (χ2v) is 5.21. The average Bonchev–Trinajstić information content (AvgIpc) is 2.68. The summed E-state index contributed by atoms with van der Waals surface area (Å²) in [6, 6.07) is 2.43. The molecule has 0 saturated carbocycles. The van der Waals surface area contributed by atoms with Gasteiger partial charge in [-0.2, -0.15) is 0 Å². The highest BCUT2D eigenvalue weighted by molar-refractivity contribution is 7.71. The number of ether oxygens (including phenoxy) is 1. The maximum absolute atomic E-state index is 14.0. The number of imidazole rings is 1. The van der Waals surface area contributed by atoms with Crippen LogP contribution in [-0.2, 0) is 4.74 Å². The van der Waals surface area contributed by atoms with Gasteiger partial charge in [-0.15, -0.1) is 0 Å². The van der Waals surface area contributed by atoms with Crippen LogP contribution in [0.3, 0.4) is 0 Å². The van der Waals surface area contributed by atoms with Gasteiger partial charge in [0.2, 0.25) is 0 Å². The van der Waals surface area contributed by atoms with Crippen LogP contribution in [0.4, 0.5) is 8.78 Å². The Morgan fingerprint density at radius 1 is 1.37 bits per heavy atom. The predicted molar refractivity (Wildman–Crippen MR) is 72.8 cm³/mol. The summed E-state index contributed by atoms with van der Waals surface area (Å²) in [6.45, 7) is 4.36. The summed E-state index contributed by atoms with van der Waals surface area (Å²) in [5.41, 5.74) is 0.659. The summed E-state index contributed by atoms with van der Waals surface area (Å²) < 4.78 is 34.6. The van der Waals surface area contributed by atoms with Crippen molar-refractivity contribution in [3.63, 3.8) is 0 Å². The fourth-order valence-corrected chi connectivity index (χ4v) is 2.54. The lowest BCUT2D eigenvalue weighted by atomic mass is 10.0. The summed E-state index contributed by atoms with van der Waals surface area (Å²) in [4.78, 5) is 2.90. The lowest BCUT2D eigenvalue weighted by Crippen LogP contribution is -2.21. The molecule has 0 radical (unpaired) electrons. The van der Waals surface area contributed by atoms with Crippen molar-refractivity contribution in [1.82, 2.24) is 9.55 Å². The van der Waals surface area contributed by atoms with Crippen molar-refractivity contribution in [2.24, 2.45) is 5.92 Å². The Kier molecular flexibility index (Phi) is 4.01. The average molecular weight is 286 g/mol. The molecule has 104 valence electrons. The van der Waals surface area contributed by atoms with Crippen LogP contribution in [0.5, 0.6) is 0 Å². The van der Waals surface area contributed by atoms with E-state index in [1.165, 1.54) is 6.07 Å². The number of nitrogens with zero attached hydrogens (tertiary/aromatic N) is 1. The van der Waals surface area contributed by atoms with Crippen LogP contribution < -0.4 is 0 Å². The van der Waals surface area contributed by atoms with Gasteiger partial charge in [0.05, 0.1) is 18.2 Å². The molecule has 0 aliphatic rings. The topological polar surface area (TPSA) is 29.9 Å². The summed E-state index contributed by atoms with van der Waals surface area (Å²) in [7, 11) is 1.57. The van der Waals surface area contributed by atoms with Gasteiger partial charge in [-0.25, -0.2) is 8.78 Å². The normalized spacial score (nSPS) is 13.4. The summed E-state index contributed by atoms with van der Waals surface area (Å²) in [6.07, 6.45) is 0. The quantitative estimate of drug-likeness (QED) is 0.866. The number of halogens is 2. The number of aromatic amines is 1. The number of fused-ring (bicyclic) bond motifs is 1. The first-order valence-electron chi connectivity index (χ1n) is 6.04. The van der Waals surface area contributed by atoms with Crippen molar-refractivity contribution in [3.05, 3.63) is 28.5 Å². The van der Waals surface area contributed by atoms with Gasteiger partial charge in [0.25, 0.3) is 0 Å². The zero-order chi connectivity index (χ0) is 14.2. The number of hydrogen-bond donors (Lipinski definition) is 1. The summed E-state index contributed by atoms with van der Waals surface area (Å²) in [5.74, 6) is -1.59. The fourth-order valence-electron chi connectivity index (χ4n) is 2.21. The zero-order valence-electron chi connectivity index (χ0n) is 11.0. The number of aromatic nitrogens is 2. The van der Waals surface area contributed by atoms with Crippen molar-refractivity contribution in [1.29, 1.82) is 0 Å². The van der Waals surface area contributed by atoms with Gasteiger partial charge in [0, 0.05) is 7.11 Å². The minimum Gasteiger partial charge on any atom is -0.383 e. The molecule has 0 fully saturated rings. The van der Waals surface area contributed by atoms with E-state index in [4.69, 9.17) is 17.0 Å². The van der Waals surface area contributed by atoms with Gasteiger partial charge >= 0.3 is 0 Å². The second kappa shape index (κ2) is 5.38. The van der Waals surface area contributed by atoms with Crippen LogP contribution in [0, 0.1) is 22.3 Å². The highest BCUT2D eigenvalue weighted by atomic mass is 32.1. The van der Waals surface area contributed by atoms with Crippen molar-refractivity contribution < 1.29 is 13.5 Å². The minimum absolute atomic E-state index is 0.150. The van der Waals surface area contributed by atoms with Crippen LogP contribution in [0.25, 0.3) is 11.0 Å². The third-order valence-electron chi connectivity index (χ3n) is 3.21. The van der Waals surface area contributed by atoms with Crippen LogP contribution >= 0.6 is 12.2 Å². The number of rotatable bonds is 4. The zero-order valence-corrected chi connectivity index (χ0v) is 11.9. The molecule has 0 aliphatic carbocycles. The Morgan fingerprint density at radius 3 is 2.63 bits per heavy atom. The van der Waals surface area contributed by atoms with E-state index in [0.717, 1.165) is 6.07 Å². The highest BCUT2D eigenvalue weighted by Gasteiger charge is 2.22. The molecule has 1 unspecified atom stereocenters. The van der Waals surface area contributed by atoms with Gasteiger partial charge in [0.1, 0.15) is 5.52 Å². The first-order valence-corrected chi connectivity index (χ1v) is 6.45. The van der Waals surface area contributed by atoms with E-state index in [-0.39, 0.29) is 17.5 Å². The molecule has 0 bridgehead atoms. The Hall–Kier alpha value is -1.27. The summed E-state index contributed by atoms with van der Waals surface area (Å²) >= 11 is 5.23. The Morgan fingerprint density at radius 2 is 2.05 bits per heavy atom. The van der Waals surface area contributed by atoms with E-state index in [0.29, 0.717) is 16.9 Å². The lowest BCUT2D eigenvalue weighted by Gasteiger charge is -2.22. The Labute approximate surface area is 115 Å². The first-order chi connectivity index (χ1) is 8.97. The van der Waals surface area contributed by atoms with Gasteiger partial charge in [0.15, 0.2) is 16.4 Å². The molecule has 0 saturated heterocycles. The van der Waals surface area contributed by atoms with Crippen LogP contribution in [0.15, 0.2) is 12.1 Å². The Balaban J connectivity index is 2.74. The van der Waals surface area contributed by atoms with Crippen LogP contribution in [-0.4, -0.2) is 23.3 Å². The monoisotopic (exact) mass is 286 g/mol. The molecule has 19 heavy (non-hydrogen) atoms. The van der Waals surface area contributed by atoms with Gasteiger partial charge < -0.3 is 14.3 Å². The molecular formula is C13H16F2N2OS. The molecule has 0 aliphatic heterocycles. The molecule has 1 aromatic heterocycles. The highest BCUT2D eigenvalue weighted by Crippen LogP contribution is 2.27.